The van der Waals surface area contributed by atoms with Gasteiger partial charge in [0.15, 0.2) is 0 Å². The molecule has 0 spiro atoms. The Bertz CT molecular complexity index is 374. The highest BCUT2D eigenvalue weighted by atomic mass is 19.4. The van der Waals surface area contributed by atoms with Gasteiger partial charge in [0.2, 0.25) is 5.95 Å². The van der Waals surface area contributed by atoms with Gasteiger partial charge in [0.1, 0.15) is 5.69 Å². The fraction of sp³-hybridized carbons (Fsp3) is 0.600. The van der Waals surface area contributed by atoms with Crippen molar-refractivity contribution in [3.8, 4) is 0 Å². The zero-order chi connectivity index (χ0) is 13.1. The quantitative estimate of drug-likeness (QED) is 0.855. The summed E-state index contributed by atoms with van der Waals surface area (Å²) in [5.74, 6) is -0.0605. The van der Waals surface area contributed by atoms with Crippen LogP contribution in [-0.2, 0) is 6.18 Å². The van der Waals surface area contributed by atoms with Crippen LogP contribution < -0.4 is 11.1 Å². The monoisotopic (exact) mass is 248 g/mol. The van der Waals surface area contributed by atoms with Crippen molar-refractivity contribution in [2.75, 3.05) is 11.9 Å². The van der Waals surface area contributed by atoms with Gasteiger partial charge in [0, 0.05) is 18.3 Å². The Kier molecular flexibility index (Phi) is 3.92. The summed E-state index contributed by atoms with van der Waals surface area (Å²) in [7, 11) is 0. The SMILES string of the molecule is CCC(C)(CN)Nc1nccc(C(F)(F)F)n1. The Morgan fingerprint density at radius 2 is 2.06 bits per heavy atom. The Hall–Kier alpha value is -1.37. The second kappa shape index (κ2) is 4.87. The molecule has 0 fully saturated rings. The summed E-state index contributed by atoms with van der Waals surface area (Å²) in [6.07, 6.45) is -2.74. The smallest absolute Gasteiger partial charge is 0.348 e. The molecule has 4 nitrogen and oxygen atoms in total. The number of nitrogens with one attached hydrogen (secondary N) is 1. The number of aromatic nitrogens is 2. The molecule has 3 N–H and O–H groups in total. The maximum atomic E-state index is 12.4. The van der Waals surface area contributed by atoms with Crippen molar-refractivity contribution in [1.29, 1.82) is 0 Å². The summed E-state index contributed by atoms with van der Waals surface area (Å²) < 4.78 is 37.3. The molecule has 0 aliphatic rings. The maximum absolute atomic E-state index is 12.4. The van der Waals surface area contributed by atoms with Crippen molar-refractivity contribution in [2.24, 2.45) is 5.73 Å². The molecular formula is C10H15F3N4. The molecule has 0 saturated heterocycles. The van der Waals surface area contributed by atoms with Crippen LogP contribution in [0.5, 0.6) is 0 Å². The summed E-state index contributed by atoms with van der Waals surface area (Å²) in [5, 5.41) is 2.82. The first-order valence-electron chi connectivity index (χ1n) is 5.19. The normalized spacial score (nSPS) is 15.4. The van der Waals surface area contributed by atoms with Crippen LogP contribution in [0.1, 0.15) is 26.0 Å². The number of nitrogens with two attached hydrogens (primary N) is 1. The van der Waals surface area contributed by atoms with E-state index in [0.29, 0.717) is 6.42 Å². The molecule has 0 bridgehead atoms. The van der Waals surface area contributed by atoms with Gasteiger partial charge in [-0.05, 0) is 19.4 Å². The molecule has 0 aliphatic carbocycles. The van der Waals surface area contributed by atoms with Crippen LogP contribution >= 0.6 is 0 Å². The van der Waals surface area contributed by atoms with Gasteiger partial charge in [-0.2, -0.15) is 13.2 Å². The minimum Gasteiger partial charge on any atom is -0.348 e. The van der Waals surface area contributed by atoms with Crippen LogP contribution in [0, 0.1) is 0 Å². The fourth-order valence-corrected chi connectivity index (χ4v) is 1.13. The standard InChI is InChI=1S/C10H15F3N4/c1-3-9(2,6-14)17-8-15-5-4-7(16-8)10(11,12)13/h4-5H,3,6,14H2,1-2H3,(H,15,16,17). The van der Waals surface area contributed by atoms with E-state index in [4.69, 9.17) is 5.73 Å². The first-order chi connectivity index (χ1) is 7.80. The Morgan fingerprint density at radius 3 is 2.53 bits per heavy atom. The van der Waals surface area contributed by atoms with E-state index in [1.54, 1.807) is 6.92 Å². The zero-order valence-electron chi connectivity index (χ0n) is 9.67. The molecule has 0 aliphatic heterocycles. The van der Waals surface area contributed by atoms with E-state index in [2.05, 4.69) is 15.3 Å². The lowest BCUT2D eigenvalue weighted by Gasteiger charge is -2.27. The minimum absolute atomic E-state index is 0.0605. The van der Waals surface area contributed by atoms with Gasteiger partial charge in [0.25, 0.3) is 0 Å². The van der Waals surface area contributed by atoms with E-state index in [1.165, 1.54) is 0 Å². The van der Waals surface area contributed by atoms with Gasteiger partial charge in [-0.1, -0.05) is 6.92 Å². The number of alkyl halides is 3. The number of hydrogen-bond acceptors (Lipinski definition) is 4. The van der Waals surface area contributed by atoms with Crippen LogP contribution in [0.3, 0.4) is 0 Å². The Morgan fingerprint density at radius 1 is 1.41 bits per heavy atom. The van der Waals surface area contributed by atoms with Crippen molar-refractivity contribution < 1.29 is 13.2 Å². The van der Waals surface area contributed by atoms with Crippen LogP contribution in [0.4, 0.5) is 19.1 Å². The molecular weight excluding hydrogens is 233 g/mol. The minimum atomic E-state index is -4.47. The molecule has 1 rings (SSSR count). The first kappa shape index (κ1) is 13.7. The fourth-order valence-electron chi connectivity index (χ4n) is 1.13. The molecule has 1 aromatic rings. The Balaban J connectivity index is 2.93. The Labute approximate surface area is 97.4 Å². The lowest BCUT2D eigenvalue weighted by molar-refractivity contribution is -0.141. The van der Waals surface area contributed by atoms with Crippen molar-refractivity contribution in [1.82, 2.24) is 9.97 Å². The molecule has 0 aromatic carbocycles. The average Bonchev–Trinajstić information content (AvgIpc) is 2.28. The number of rotatable bonds is 4. The lowest BCUT2D eigenvalue weighted by Crippen LogP contribution is -2.42. The highest BCUT2D eigenvalue weighted by Crippen LogP contribution is 2.28. The summed E-state index contributed by atoms with van der Waals surface area (Å²) in [6.45, 7) is 3.97. The van der Waals surface area contributed by atoms with Gasteiger partial charge in [-0.3, -0.25) is 0 Å². The van der Waals surface area contributed by atoms with Crippen molar-refractivity contribution in [2.45, 2.75) is 32.0 Å². The van der Waals surface area contributed by atoms with Gasteiger partial charge in [-0.25, -0.2) is 9.97 Å². The highest BCUT2D eigenvalue weighted by molar-refractivity contribution is 5.30. The van der Waals surface area contributed by atoms with Crippen LogP contribution in [0.15, 0.2) is 12.3 Å². The summed E-state index contributed by atoms with van der Waals surface area (Å²) in [5.41, 5.74) is 4.07. The van der Waals surface area contributed by atoms with E-state index in [1.807, 2.05) is 6.92 Å². The van der Waals surface area contributed by atoms with Gasteiger partial charge in [-0.15, -0.1) is 0 Å². The van der Waals surface area contributed by atoms with Crippen LogP contribution in [0.25, 0.3) is 0 Å². The van der Waals surface area contributed by atoms with Gasteiger partial charge < -0.3 is 11.1 Å². The number of hydrogen-bond donors (Lipinski definition) is 2. The van der Waals surface area contributed by atoms with E-state index < -0.39 is 17.4 Å². The second-order valence-electron chi connectivity index (χ2n) is 4.01. The molecule has 0 saturated carbocycles. The number of nitrogens with zero attached hydrogens (tertiary/aromatic N) is 2. The average molecular weight is 248 g/mol. The zero-order valence-corrected chi connectivity index (χ0v) is 9.67. The first-order valence-corrected chi connectivity index (χ1v) is 5.19. The second-order valence-corrected chi connectivity index (χ2v) is 4.01. The van der Waals surface area contributed by atoms with Crippen molar-refractivity contribution in [3.05, 3.63) is 18.0 Å². The molecule has 1 aromatic heterocycles. The predicted octanol–water partition coefficient (Wildman–Crippen LogP) is 2.03. The van der Waals surface area contributed by atoms with E-state index >= 15 is 0 Å². The van der Waals surface area contributed by atoms with E-state index in [-0.39, 0.29) is 12.5 Å². The predicted molar refractivity (Wildman–Crippen MR) is 58.4 cm³/mol. The van der Waals surface area contributed by atoms with Gasteiger partial charge in [0.05, 0.1) is 0 Å². The third kappa shape index (κ3) is 3.55. The third-order valence-electron chi connectivity index (χ3n) is 2.59. The molecule has 96 valence electrons. The van der Waals surface area contributed by atoms with Crippen molar-refractivity contribution >= 4 is 5.95 Å². The molecule has 0 amide bonds. The number of halogens is 3. The summed E-state index contributed by atoms with van der Waals surface area (Å²) in [6, 6.07) is 0.830. The lowest BCUT2D eigenvalue weighted by atomic mass is 10.00. The third-order valence-corrected chi connectivity index (χ3v) is 2.59. The van der Waals surface area contributed by atoms with Gasteiger partial charge >= 0.3 is 6.18 Å². The molecule has 0 radical (unpaired) electrons. The largest absolute Gasteiger partial charge is 0.433 e. The molecule has 1 atom stereocenters. The molecule has 1 unspecified atom stereocenters. The van der Waals surface area contributed by atoms with E-state index in [9.17, 15) is 13.2 Å². The summed E-state index contributed by atoms with van der Waals surface area (Å²) >= 11 is 0. The molecule has 17 heavy (non-hydrogen) atoms. The summed E-state index contributed by atoms with van der Waals surface area (Å²) in [4.78, 5) is 7.18. The highest BCUT2D eigenvalue weighted by Gasteiger charge is 2.33. The molecule has 7 heteroatoms. The van der Waals surface area contributed by atoms with Crippen molar-refractivity contribution in [3.63, 3.8) is 0 Å². The van der Waals surface area contributed by atoms with E-state index in [0.717, 1.165) is 12.3 Å². The maximum Gasteiger partial charge on any atom is 0.433 e. The number of anilines is 1. The topological polar surface area (TPSA) is 63.8 Å². The van der Waals surface area contributed by atoms with Crippen LogP contribution in [0.2, 0.25) is 0 Å². The van der Waals surface area contributed by atoms with Crippen LogP contribution in [-0.4, -0.2) is 22.1 Å². The molecule has 1 heterocycles.